The lowest BCUT2D eigenvalue weighted by Gasteiger charge is -2.53. The summed E-state index contributed by atoms with van der Waals surface area (Å²) in [5, 5.41) is 0. The molecule has 2 heterocycles. The van der Waals surface area contributed by atoms with Crippen molar-refractivity contribution in [3.63, 3.8) is 0 Å². The van der Waals surface area contributed by atoms with Crippen LogP contribution in [0.2, 0.25) is 78.6 Å². The van der Waals surface area contributed by atoms with Gasteiger partial charge in [-0.15, -0.1) is 0 Å². The molecule has 0 aromatic carbocycles. The van der Waals surface area contributed by atoms with E-state index in [0.29, 0.717) is 19.8 Å². The lowest BCUT2D eigenvalue weighted by atomic mass is 9.97. The Hall–Kier alpha value is 0.588. The van der Waals surface area contributed by atoms with Crippen molar-refractivity contribution in [3.8, 4) is 0 Å². The van der Waals surface area contributed by atoms with Gasteiger partial charge in [0.25, 0.3) is 0 Å². The van der Waals surface area contributed by atoms with Crippen LogP contribution in [0.1, 0.15) is 0 Å². The average Bonchev–Trinajstić information content (AvgIpc) is 2.60. The summed E-state index contributed by atoms with van der Waals surface area (Å²) < 4.78 is 39.6. The van der Waals surface area contributed by atoms with E-state index in [1.54, 1.807) is 0 Å². The molecule has 0 aromatic rings. The van der Waals surface area contributed by atoms with Crippen LogP contribution in [0.3, 0.4) is 0 Å². The van der Waals surface area contributed by atoms with Crippen LogP contribution >= 0.6 is 0 Å². The Morgan fingerprint density at radius 1 is 0.636 bits per heavy atom. The van der Waals surface area contributed by atoms with Crippen LogP contribution in [-0.4, -0.2) is 102 Å². The van der Waals surface area contributed by atoms with Crippen molar-refractivity contribution < 1.29 is 27.2 Å². The molecule has 0 radical (unpaired) electrons. The Morgan fingerprint density at radius 2 is 1.09 bits per heavy atom. The monoisotopic (exact) mass is 537 g/mol. The molecule has 0 N–H and O–H groups in total. The van der Waals surface area contributed by atoms with Crippen molar-refractivity contribution in [2.24, 2.45) is 0 Å². The molecular weight excluding hydrogens is 487 g/mol. The lowest BCUT2D eigenvalue weighted by Crippen LogP contribution is -2.69. The molecule has 0 aromatic heterocycles. The van der Waals surface area contributed by atoms with Gasteiger partial charge in [0.15, 0.2) is 33.3 Å². The van der Waals surface area contributed by atoms with Crippen LogP contribution in [0.15, 0.2) is 0 Å². The fraction of sp³-hybridized carbons (Fsp3) is 1.00. The second-order valence-corrected chi connectivity index (χ2v) is 31.1. The largest absolute Gasteiger partial charge is 0.415 e. The van der Waals surface area contributed by atoms with Gasteiger partial charge in [0.1, 0.15) is 30.6 Å². The second-order valence-electron chi connectivity index (χ2n) is 13.2. The Morgan fingerprint density at radius 3 is 1.55 bits per heavy atom. The molecule has 0 saturated carbocycles. The Bertz CT molecular complexity index is 608. The molecule has 2 rings (SSSR count). The molecular formula is C22H51NO6Si4. The van der Waals surface area contributed by atoms with Crippen LogP contribution in [0.5, 0.6) is 0 Å². The normalized spacial score (nSPS) is 31.1. The Labute approximate surface area is 207 Å². The first-order chi connectivity index (χ1) is 14.8. The minimum absolute atomic E-state index is 0.188. The highest BCUT2D eigenvalue weighted by Crippen LogP contribution is 2.35. The first-order valence-electron chi connectivity index (χ1n) is 12.5. The fourth-order valence-electron chi connectivity index (χ4n) is 4.11. The molecule has 0 aliphatic carbocycles. The third kappa shape index (κ3) is 10.6. The summed E-state index contributed by atoms with van der Waals surface area (Å²) in [6, 6.07) is 0. The first-order valence-corrected chi connectivity index (χ1v) is 26.1. The molecule has 2 aliphatic rings. The predicted molar refractivity (Wildman–Crippen MR) is 145 cm³/mol. The molecule has 11 heteroatoms. The molecule has 2 aliphatic heterocycles. The van der Waals surface area contributed by atoms with Crippen molar-refractivity contribution in [2.75, 3.05) is 32.9 Å². The maximum atomic E-state index is 6.93. The van der Waals surface area contributed by atoms with Crippen LogP contribution in [0.4, 0.5) is 0 Å². The summed E-state index contributed by atoms with van der Waals surface area (Å²) in [4.78, 5) is 2.38. The van der Waals surface area contributed by atoms with Crippen LogP contribution in [0.25, 0.3) is 0 Å². The molecule has 7 nitrogen and oxygen atoms in total. The van der Waals surface area contributed by atoms with Gasteiger partial charge in [-0.3, -0.25) is 4.90 Å². The van der Waals surface area contributed by atoms with E-state index in [0.717, 1.165) is 13.1 Å². The van der Waals surface area contributed by atoms with Crippen molar-refractivity contribution in [1.82, 2.24) is 4.90 Å². The van der Waals surface area contributed by atoms with Crippen molar-refractivity contribution in [2.45, 2.75) is 109 Å². The highest BCUT2D eigenvalue weighted by molar-refractivity contribution is 6.71. The van der Waals surface area contributed by atoms with Crippen molar-refractivity contribution in [1.29, 1.82) is 0 Å². The zero-order chi connectivity index (χ0) is 25.2. The standard InChI is InChI=1S/C22H51NO6Si4/c1-30(2,3)25-17-18-19(27-31(4,5)6)20(28-32(7,8)9)21(29-33(10,11)12)22(26-18)23-13-15-24-16-14-23/h18-22H,13-17H2,1-12H3. The zero-order valence-corrected chi connectivity index (χ0v) is 27.3. The number of nitrogens with zero attached hydrogens (tertiary/aromatic N) is 1. The van der Waals surface area contributed by atoms with Gasteiger partial charge in [-0.25, -0.2) is 0 Å². The molecule has 0 spiro atoms. The smallest absolute Gasteiger partial charge is 0.184 e. The third-order valence-corrected chi connectivity index (χ3v) is 9.13. The van der Waals surface area contributed by atoms with Crippen molar-refractivity contribution >= 4 is 33.3 Å². The summed E-state index contributed by atoms with van der Waals surface area (Å²) in [6.07, 6.45) is -0.992. The lowest BCUT2D eigenvalue weighted by molar-refractivity contribution is -0.258. The Kier molecular flexibility index (Phi) is 10.2. The van der Waals surface area contributed by atoms with Crippen molar-refractivity contribution in [3.05, 3.63) is 0 Å². The number of rotatable bonds is 10. The minimum atomic E-state index is -1.91. The second kappa shape index (κ2) is 11.3. The Balaban J connectivity index is 2.50. The van der Waals surface area contributed by atoms with Gasteiger partial charge in [0.2, 0.25) is 0 Å². The maximum absolute atomic E-state index is 6.93. The molecule has 0 amide bonds. The predicted octanol–water partition coefficient (Wildman–Crippen LogP) is 4.56. The van der Waals surface area contributed by atoms with E-state index in [9.17, 15) is 0 Å². The number of ether oxygens (including phenoxy) is 2. The van der Waals surface area contributed by atoms with Crippen LogP contribution < -0.4 is 0 Å². The van der Waals surface area contributed by atoms with E-state index in [-0.39, 0.29) is 30.6 Å². The molecule has 5 atom stereocenters. The molecule has 0 bridgehead atoms. The molecule has 33 heavy (non-hydrogen) atoms. The summed E-state index contributed by atoms with van der Waals surface area (Å²) in [5.41, 5.74) is 0. The third-order valence-electron chi connectivity index (χ3n) is 5.16. The van der Waals surface area contributed by atoms with Gasteiger partial charge >= 0.3 is 0 Å². The average molecular weight is 538 g/mol. The quantitative estimate of drug-likeness (QED) is 0.379. The van der Waals surface area contributed by atoms with E-state index >= 15 is 0 Å². The number of morpholine rings is 1. The summed E-state index contributed by atoms with van der Waals surface area (Å²) in [5.74, 6) is 0. The first kappa shape index (κ1) is 29.8. The number of hydrogen-bond donors (Lipinski definition) is 0. The van der Waals surface area contributed by atoms with Gasteiger partial charge in [0.05, 0.1) is 19.8 Å². The van der Waals surface area contributed by atoms with E-state index in [1.807, 2.05) is 0 Å². The SMILES string of the molecule is C[Si](C)(C)OCC1OC(N2CCOCC2)C(O[Si](C)(C)C)C(O[Si](C)(C)C)C1O[Si](C)(C)C. The molecule has 196 valence electrons. The van der Waals surface area contributed by atoms with E-state index in [4.69, 9.17) is 27.2 Å². The summed E-state index contributed by atoms with van der Waals surface area (Å²) >= 11 is 0. The zero-order valence-electron chi connectivity index (χ0n) is 23.3. The van der Waals surface area contributed by atoms with Gasteiger partial charge < -0.3 is 27.2 Å². The van der Waals surface area contributed by atoms with Gasteiger partial charge in [-0.2, -0.15) is 0 Å². The van der Waals surface area contributed by atoms with Gasteiger partial charge in [-0.1, -0.05) is 0 Å². The topological polar surface area (TPSA) is 58.6 Å². The van der Waals surface area contributed by atoms with Crippen LogP contribution in [0, 0.1) is 0 Å². The molecule has 5 unspecified atom stereocenters. The maximum Gasteiger partial charge on any atom is 0.184 e. The van der Waals surface area contributed by atoms with Gasteiger partial charge in [-0.05, 0) is 78.6 Å². The summed E-state index contributed by atoms with van der Waals surface area (Å²) in [6.45, 7) is 30.4. The van der Waals surface area contributed by atoms with E-state index in [1.165, 1.54) is 0 Å². The van der Waals surface area contributed by atoms with E-state index in [2.05, 4.69) is 83.5 Å². The molecule has 2 fully saturated rings. The highest BCUT2D eigenvalue weighted by atomic mass is 28.4. The summed E-state index contributed by atoms with van der Waals surface area (Å²) in [7, 11) is -7.43. The number of hydrogen-bond acceptors (Lipinski definition) is 7. The molecule has 2 saturated heterocycles. The van der Waals surface area contributed by atoms with Crippen LogP contribution in [-0.2, 0) is 27.2 Å². The van der Waals surface area contributed by atoms with Gasteiger partial charge in [0, 0.05) is 13.1 Å². The van der Waals surface area contributed by atoms with E-state index < -0.39 is 33.3 Å². The minimum Gasteiger partial charge on any atom is -0.415 e. The highest BCUT2D eigenvalue weighted by Gasteiger charge is 2.53. The fourth-order valence-corrected chi connectivity index (χ4v) is 8.03.